The third-order valence-corrected chi connectivity index (χ3v) is 5.79. The Balaban J connectivity index is 1.71. The second-order valence-electron chi connectivity index (χ2n) is 7.12. The zero-order valence-electron chi connectivity index (χ0n) is 15.1. The zero-order chi connectivity index (χ0) is 18.0. The van der Waals surface area contributed by atoms with Crippen molar-refractivity contribution >= 4 is 9.84 Å². The van der Waals surface area contributed by atoms with Gasteiger partial charge in [-0.3, -0.25) is 4.90 Å². The zero-order valence-corrected chi connectivity index (χ0v) is 15.9. The summed E-state index contributed by atoms with van der Waals surface area (Å²) in [5.41, 5.74) is 2.37. The number of hydrogen-bond acceptors (Lipinski definition) is 5. The number of rotatable bonds is 6. The van der Waals surface area contributed by atoms with Crippen LogP contribution in [0.25, 0.3) is 0 Å². The lowest BCUT2D eigenvalue weighted by Gasteiger charge is -2.35. The predicted molar refractivity (Wildman–Crippen MR) is 98.1 cm³/mol. The van der Waals surface area contributed by atoms with Crippen LogP contribution in [0.1, 0.15) is 23.7 Å². The molecule has 7 heteroatoms. The lowest BCUT2D eigenvalue weighted by atomic mass is 10.1. The number of nitrogens with zero attached hydrogens (tertiary/aromatic N) is 4. The monoisotopic (exact) mass is 362 g/mol. The van der Waals surface area contributed by atoms with E-state index >= 15 is 0 Å². The van der Waals surface area contributed by atoms with Crippen LogP contribution in [0.3, 0.4) is 0 Å². The van der Waals surface area contributed by atoms with Crippen molar-refractivity contribution in [1.29, 1.82) is 0 Å². The summed E-state index contributed by atoms with van der Waals surface area (Å²) in [5, 5.41) is 0. The van der Waals surface area contributed by atoms with Gasteiger partial charge in [0.25, 0.3) is 0 Å². The molecule has 0 N–H and O–H groups in total. The summed E-state index contributed by atoms with van der Waals surface area (Å²) < 4.78 is 25.5. The molecule has 1 aromatic heterocycles. The fourth-order valence-electron chi connectivity index (χ4n) is 3.32. The van der Waals surface area contributed by atoms with Gasteiger partial charge in [-0.25, -0.2) is 13.4 Å². The highest BCUT2D eigenvalue weighted by Gasteiger charge is 2.24. The molecule has 0 saturated carbocycles. The van der Waals surface area contributed by atoms with Crippen molar-refractivity contribution in [2.24, 2.45) is 0 Å². The van der Waals surface area contributed by atoms with Crippen LogP contribution in [0.15, 0.2) is 41.7 Å². The lowest BCUT2D eigenvalue weighted by molar-refractivity contribution is 0.165. The molecule has 0 bridgehead atoms. The first-order valence-electron chi connectivity index (χ1n) is 8.50. The molecule has 2 aromatic rings. The third kappa shape index (κ3) is 4.48. The van der Waals surface area contributed by atoms with E-state index in [0.717, 1.165) is 38.2 Å². The van der Waals surface area contributed by atoms with Crippen molar-refractivity contribution in [3.05, 3.63) is 48.0 Å². The number of benzene rings is 1. The van der Waals surface area contributed by atoms with Gasteiger partial charge in [-0.05, 0) is 44.8 Å². The van der Waals surface area contributed by atoms with Gasteiger partial charge in [0.2, 0.25) is 0 Å². The summed E-state index contributed by atoms with van der Waals surface area (Å²) in [7, 11) is 1.05. The number of sulfone groups is 1. The predicted octanol–water partition coefficient (Wildman–Crippen LogP) is 1.80. The first-order chi connectivity index (χ1) is 11.8. The Hall–Kier alpha value is -1.70. The van der Waals surface area contributed by atoms with E-state index in [1.54, 1.807) is 12.1 Å². The van der Waals surface area contributed by atoms with Crippen LogP contribution in [0.5, 0.6) is 0 Å². The van der Waals surface area contributed by atoms with E-state index in [1.165, 1.54) is 11.9 Å². The standard InChI is InChI=1S/C18H26N4O2S/c1-20(2)9-8-16-12-21(13-17-10-19-14-22(16)17)11-15-4-6-18(7-5-15)25(3,23)24/h4-7,10,14,16H,8-9,11-13H2,1-3H3. The van der Waals surface area contributed by atoms with Gasteiger partial charge >= 0.3 is 0 Å². The Morgan fingerprint density at radius 3 is 2.60 bits per heavy atom. The molecule has 1 aromatic carbocycles. The van der Waals surface area contributed by atoms with Gasteiger partial charge < -0.3 is 9.47 Å². The van der Waals surface area contributed by atoms with Crippen LogP contribution in [0, 0.1) is 0 Å². The van der Waals surface area contributed by atoms with E-state index in [0.29, 0.717) is 10.9 Å². The molecule has 25 heavy (non-hydrogen) atoms. The van der Waals surface area contributed by atoms with Crippen molar-refractivity contribution in [2.45, 2.75) is 30.4 Å². The van der Waals surface area contributed by atoms with E-state index < -0.39 is 9.84 Å². The van der Waals surface area contributed by atoms with Crippen molar-refractivity contribution in [3.63, 3.8) is 0 Å². The molecule has 136 valence electrons. The molecule has 1 aliphatic rings. The second-order valence-corrected chi connectivity index (χ2v) is 9.14. The van der Waals surface area contributed by atoms with Gasteiger partial charge in [-0.2, -0.15) is 0 Å². The summed E-state index contributed by atoms with van der Waals surface area (Å²) in [6.45, 7) is 3.70. The lowest BCUT2D eigenvalue weighted by Crippen LogP contribution is -2.37. The van der Waals surface area contributed by atoms with Crippen molar-refractivity contribution in [3.8, 4) is 0 Å². The Morgan fingerprint density at radius 1 is 1.24 bits per heavy atom. The van der Waals surface area contributed by atoms with Crippen molar-refractivity contribution < 1.29 is 8.42 Å². The average Bonchev–Trinajstić information content (AvgIpc) is 3.00. The molecule has 0 radical (unpaired) electrons. The highest BCUT2D eigenvalue weighted by atomic mass is 32.2. The van der Waals surface area contributed by atoms with Gasteiger partial charge in [0.1, 0.15) is 0 Å². The molecule has 0 amide bonds. The Labute approximate surface area is 150 Å². The van der Waals surface area contributed by atoms with Crippen LogP contribution in [0.4, 0.5) is 0 Å². The van der Waals surface area contributed by atoms with E-state index in [1.807, 2.05) is 24.7 Å². The van der Waals surface area contributed by atoms with Gasteiger partial charge in [-0.15, -0.1) is 0 Å². The maximum atomic E-state index is 11.6. The minimum absolute atomic E-state index is 0.372. The summed E-state index contributed by atoms with van der Waals surface area (Å²) >= 11 is 0. The normalized spacial score (nSPS) is 18.5. The van der Waals surface area contributed by atoms with E-state index in [9.17, 15) is 8.42 Å². The molecule has 0 aliphatic carbocycles. The highest BCUT2D eigenvalue weighted by Crippen LogP contribution is 2.25. The van der Waals surface area contributed by atoms with Crippen LogP contribution in [-0.2, 0) is 22.9 Å². The number of aromatic nitrogens is 2. The van der Waals surface area contributed by atoms with Gasteiger partial charge in [0.15, 0.2) is 9.84 Å². The van der Waals surface area contributed by atoms with Crippen LogP contribution >= 0.6 is 0 Å². The molecule has 1 unspecified atom stereocenters. The molecule has 3 rings (SSSR count). The summed E-state index contributed by atoms with van der Waals surface area (Å²) in [4.78, 5) is 9.31. The first-order valence-corrected chi connectivity index (χ1v) is 10.4. The topological polar surface area (TPSA) is 58.4 Å². The maximum absolute atomic E-state index is 11.6. The number of fused-ring (bicyclic) bond motifs is 1. The molecule has 0 saturated heterocycles. The van der Waals surface area contributed by atoms with Gasteiger partial charge in [-0.1, -0.05) is 12.1 Å². The minimum atomic E-state index is -3.14. The number of imidazole rings is 1. The molecular formula is C18H26N4O2S. The fraction of sp³-hybridized carbons (Fsp3) is 0.500. The van der Waals surface area contributed by atoms with E-state index in [-0.39, 0.29) is 0 Å². The molecule has 0 spiro atoms. The molecule has 6 nitrogen and oxygen atoms in total. The van der Waals surface area contributed by atoms with Crippen LogP contribution < -0.4 is 0 Å². The maximum Gasteiger partial charge on any atom is 0.175 e. The molecule has 1 atom stereocenters. The Morgan fingerprint density at radius 2 is 1.96 bits per heavy atom. The van der Waals surface area contributed by atoms with Crippen LogP contribution in [0.2, 0.25) is 0 Å². The number of hydrogen-bond donors (Lipinski definition) is 0. The first kappa shape index (κ1) is 18.1. The third-order valence-electron chi connectivity index (χ3n) is 4.66. The SMILES string of the molecule is CN(C)CCC1CN(Cc2ccc(S(C)(=O)=O)cc2)Cc2cncn21. The van der Waals surface area contributed by atoms with Gasteiger partial charge in [0, 0.05) is 38.1 Å². The van der Waals surface area contributed by atoms with Crippen molar-refractivity contribution in [1.82, 2.24) is 19.4 Å². The smallest absolute Gasteiger partial charge is 0.175 e. The summed E-state index contributed by atoms with van der Waals surface area (Å²) in [5.74, 6) is 0. The Bertz CT molecular complexity index is 812. The largest absolute Gasteiger partial charge is 0.329 e. The average molecular weight is 362 g/mol. The summed E-state index contributed by atoms with van der Waals surface area (Å²) in [6, 6.07) is 7.64. The van der Waals surface area contributed by atoms with E-state index in [4.69, 9.17) is 0 Å². The van der Waals surface area contributed by atoms with E-state index in [2.05, 4.69) is 33.4 Å². The molecule has 0 fully saturated rings. The highest BCUT2D eigenvalue weighted by molar-refractivity contribution is 7.90. The van der Waals surface area contributed by atoms with Gasteiger partial charge in [0.05, 0.1) is 16.9 Å². The quantitative estimate of drug-likeness (QED) is 0.784. The fourth-order valence-corrected chi connectivity index (χ4v) is 3.95. The molecular weight excluding hydrogens is 336 g/mol. The second kappa shape index (κ2) is 7.27. The Kier molecular flexibility index (Phi) is 5.27. The van der Waals surface area contributed by atoms with Crippen LogP contribution in [-0.4, -0.2) is 61.2 Å². The molecule has 2 heterocycles. The van der Waals surface area contributed by atoms with Crippen molar-refractivity contribution in [2.75, 3.05) is 33.4 Å². The minimum Gasteiger partial charge on any atom is -0.329 e. The summed E-state index contributed by atoms with van der Waals surface area (Å²) in [6.07, 6.45) is 6.21. The molecule has 1 aliphatic heterocycles.